The number of terminal acetylenes is 1. The average Bonchev–Trinajstić information content (AvgIpc) is 2.66. The number of carbonyl (C=O) groups is 1. The van der Waals surface area contributed by atoms with E-state index in [1.807, 2.05) is 0 Å². The van der Waals surface area contributed by atoms with Crippen LogP contribution < -0.4 is 4.74 Å². The molecule has 0 fully saturated rings. The maximum absolute atomic E-state index is 11.3. The molecule has 1 aromatic heterocycles. The van der Waals surface area contributed by atoms with Gasteiger partial charge in [-0.1, -0.05) is 11.0 Å². The lowest BCUT2D eigenvalue weighted by Crippen LogP contribution is -2.25. The third kappa shape index (κ3) is 3.21. The minimum atomic E-state index is -0.772. The molecule has 0 spiro atoms. The molecule has 0 aliphatic rings. The van der Waals surface area contributed by atoms with Crippen LogP contribution in [-0.2, 0) is 4.74 Å². The third-order valence-electron chi connectivity index (χ3n) is 1.55. The van der Waals surface area contributed by atoms with Gasteiger partial charge in [-0.15, -0.1) is 11.5 Å². The van der Waals surface area contributed by atoms with Crippen molar-refractivity contribution >= 4 is 17.3 Å². The van der Waals surface area contributed by atoms with Crippen LogP contribution in [0.5, 0.6) is 5.19 Å². The zero-order valence-corrected chi connectivity index (χ0v) is 10.1. The highest BCUT2D eigenvalue weighted by molar-refractivity contribution is 7.14. The summed E-state index contributed by atoms with van der Waals surface area (Å²) in [6.45, 7) is 5.46. The van der Waals surface area contributed by atoms with Crippen molar-refractivity contribution in [3.63, 3.8) is 0 Å². The molecule has 0 saturated carbocycles. The number of carbonyl (C=O) groups excluding carboxylic acids is 1. The molecule has 1 rings (SSSR count). The Balaban J connectivity index is 2.73. The Hall–Kier alpha value is -1.61. The first-order valence-corrected chi connectivity index (χ1v) is 5.47. The Labute approximate surface area is 97.8 Å². The Bertz CT molecular complexity index is 420. The maximum Gasteiger partial charge on any atom is 0.369 e. The van der Waals surface area contributed by atoms with E-state index in [-0.39, 0.29) is 10.2 Å². The number of hydrogen-bond donors (Lipinski definition) is 0. The highest BCUT2D eigenvalue weighted by atomic mass is 32.1. The van der Waals surface area contributed by atoms with Gasteiger partial charge in [0, 0.05) is 0 Å². The van der Waals surface area contributed by atoms with Gasteiger partial charge in [0.1, 0.15) is 0 Å². The Morgan fingerprint density at radius 2 is 2.25 bits per heavy atom. The number of rotatable bonds is 4. The molecule has 0 aliphatic heterocycles. The van der Waals surface area contributed by atoms with Gasteiger partial charge in [0.2, 0.25) is 5.01 Å². The van der Waals surface area contributed by atoms with Crippen molar-refractivity contribution in [3.05, 3.63) is 5.01 Å². The zero-order valence-electron chi connectivity index (χ0n) is 9.31. The van der Waals surface area contributed by atoms with E-state index in [0.29, 0.717) is 6.61 Å². The van der Waals surface area contributed by atoms with Crippen LogP contribution in [0.2, 0.25) is 0 Å². The van der Waals surface area contributed by atoms with Gasteiger partial charge >= 0.3 is 5.97 Å². The van der Waals surface area contributed by atoms with Crippen LogP contribution in [0.3, 0.4) is 0 Å². The lowest BCUT2D eigenvalue weighted by Gasteiger charge is -2.16. The van der Waals surface area contributed by atoms with Crippen molar-refractivity contribution < 1.29 is 14.3 Å². The van der Waals surface area contributed by atoms with E-state index in [1.54, 1.807) is 20.8 Å². The van der Waals surface area contributed by atoms with E-state index < -0.39 is 11.6 Å². The smallest absolute Gasteiger partial charge is 0.369 e. The molecule has 86 valence electrons. The number of aromatic nitrogens is 2. The minimum absolute atomic E-state index is 0.157. The highest BCUT2D eigenvalue weighted by Crippen LogP contribution is 2.22. The molecule has 0 aliphatic carbocycles. The van der Waals surface area contributed by atoms with Crippen molar-refractivity contribution in [2.75, 3.05) is 6.61 Å². The van der Waals surface area contributed by atoms with Crippen molar-refractivity contribution in [2.45, 2.75) is 26.4 Å². The molecular formula is C10H12N2O3S. The van der Waals surface area contributed by atoms with Gasteiger partial charge in [-0.3, -0.25) is 0 Å². The summed E-state index contributed by atoms with van der Waals surface area (Å²) in [4.78, 5) is 11.3. The lowest BCUT2D eigenvalue weighted by molar-refractivity contribution is 0.0525. The van der Waals surface area contributed by atoms with Gasteiger partial charge in [0.25, 0.3) is 5.19 Å². The molecule has 16 heavy (non-hydrogen) atoms. The quantitative estimate of drug-likeness (QED) is 0.589. The van der Waals surface area contributed by atoms with Crippen molar-refractivity contribution in [1.29, 1.82) is 0 Å². The molecule has 0 bridgehead atoms. The maximum atomic E-state index is 11.3. The van der Waals surface area contributed by atoms with Crippen LogP contribution in [-0.4, -0.2) is 28.4 Å². The molecular weight excluding hydrogens is 228 g/mol. The second kappa shape index (κ2) is 4.94. The molecule has 0 saturated heterocycles. The van der Waals surface area contributed by atoms with E-state index in [4.69, 9.17) is 15.9 Å². The second-order valence-corrected chi connectivity index (χ2v) is 4.29. The van der Waals surface area contributed by atoms with Crippen LogP contribution in [0, 0.1) is 12.3 Å². The average molecular weight is 240 g/mol. The molecule has 1 aromatic rings. The molecule has 0 N–H and O–H groups in total. The van der Waals surface area contributed by atoms with Gasteiger partial charge in [0.15, 0.2) is 5.60 Å². The first-order valence-electron chi connectivity index (χ1n) is 4.66. The summed E-state index contributed by atoms with van der Waals surface area (Å²) in [6, 6.07) is 0. The number of ether oxygens (including phenoxy) is 2. The van der Waals surface area contributed by atoms with Crippen LogP contribution in [0.15, 0.2) is 0 Å². The zero-order chi connectivity index (χ0) is 12.2. The fraction of sp³-hybridized carbons (Fsp3) is 0.500. The van der Waals surface area contributed by atoms with Crippen molar-refractivity contribution in [3.8, 4) is 17.5 Å². The Morgan fingerprint density at radius 3 is 2.81 bits per heavy atom. The molecule has 5 nitrogen and oxygen atoms in total. The second-order valence-electron chi connectivity index (χ2n) is 3.35. The van der Waals surface area contributed by atoms with Gasteiger partial charge < -0.3 is 9.47 Å². The molecule has 0 radical (unpaired) electrons. The summed E-state index contributed by atoms with van der Waals surface area (Å²) >= 11 is 1.01. The molecule has 0 unspecified atom stereocenters. The van der Waals surface area contributed by atoms with Crippen molar-refractivity contribution in [2.24, 2.45) is 0 Å². The summed E-state index contributed by atoms with van der Waals surface area (Å²) < 4.78 is 10.1. The fourth-order valence-electron chi connectivity index (χ4n) is 0.774. The molecule has 1 heterocycles. The topological polar surface area (TPSA) is 61.3 Å². The Morgan fingerprint density at radius 1 is 1.56 bits per heavy atom. The van der Waals surface area contributed by atoms with Crippen LogP contribution in [0.4, 0.5) is 0 Å². The van der Waals surface area contributed by atoms with Crippen LogP contribution in [0.25, 0.3) is 0 Å². The summed E-state index contributed by atoms with van der Waals surface area (Å²) in [5, 5.41) is 7.77. The number of nitrogens with zero attached hydrogens (tertiary/aromatic N) is 2. The van der Waals surface area contributed by atoms with Crippen molar-refractivity contribution in [1.82, 2.24) is 10.2 Å². The van der Waals surface area contributed by atoms with Gasteiger partial charge in [-0.05, 0) is 32.1 Å². The number of hydrogen-bond acceptors (Lipinski definition) is 6. The van der Waals surface area contributed by atoms with Gasteiger partial charge in [-0.2, -0.15) is 0 Å². The molecule has 0 aromatic carbocycles. The first kappa shape index (κ1) is 12.5. The number of esters is 1. The fourth-order valence-corrected chi connectivity index (χ4v) is 1.50. The van der Waals surface area contributed by atoms with E-state index in [1.165, 1.54) is 0 Å². The molecule has 0 amide bonds. The Kier molecular flexibility index (Phi) is 3.85. The molecule has 6 heteroatoms. The van der Waals surface area contributed by atoms with Gasteiger partial charge in [0.05, 0.1) is 6.61 Å². The largest absolute Gasteiger partial charge is 0.461 e. The van der Waals surface area contributed by atoms with Gasteiger partial charge in [-0.25, -0.2) is 4.79 Å². The summed E-state index contributed by atoms with van der Waals surface area (Å²) in [6.07, 6.45) is 5.26. The normalized spacial score (nSPS) is 10.6. The predicted octanol–water partition coefficient (Wildman–Crippen LogP) is 1.51. The summed E-state index contributed by atoms with van der Waals surface area (Å²) in [5.74, 6) is 1.95. The molecule has 0 atom stereocenters. The monoisotopic (exact) mass is 240 g/mol. The van der Waals surface area contributed by atoms with Crippen LogP contribution in [0.1, 0.15) is 30.6 Å². The first-order chi connectivity index (χ1) is 7.48. The lowest BCUT2D eigenvalue weighted by atomic mass is 10.2. The van der Waals surface area contributed by atoms with Crippen LogP contribution >= 0.6 is 11.3 Å². The third-order valence-corrected chi connectivity index (χ3v) is 2.33. The summed E-state index contributed by atoms with van der Waals surface area (Å²) in [7, 11) is 0. The SMILES string of the molecule is C#CC(C)(C)Oc1nnc(C(=O)OCC)s1. The summed E-state index contributed by atoms with van der Waals surface area (Å²) in [5.41, 5.74) is -0.772. The van der Waals surface area contributed by atoms with E-state index in [0.717, 1.165) is 11.3 Å². The highest BCUT2D eigenvalue weighted by Gasteiger charge is 2.21. The predicted molar refractivity (Wildman–Crippen MR) is 59.4 cm³/mol. The van der Waals surface area contributed by atoms with E-state index in [9.17, 15) is 4.79 Å². The minimum Gasteiger partial charge on any atom is -0.461 e. The van der Waals surface area contributed by atoms with E-state index in [2.05, 4.69) is 16.1 Å². The van der Waals surface area contributed by atoms with E-state index >= 15 is 0 Å². The standard InChI is InChI=1S/C10H12N2O3S/c1-5-10(3,4)15-9-12-11-7(16-9)8(13)14-6-2/h1H,6H2,2-4H3.